The van der Waals surface area contributed by atoms with Gasteiger partial charge >= 0.3 is 17.8 Å². The monoisotopic (exact) mass is 640 g/mol. The molecule has 0 spiro atoms. The number of nitrogens with one attached hydrogen (secondary N) is 1. The van der Waals surface area contributed by atoms with Gasteiger partial charge in [-0.15, -0.1) is 0 Å². The first kappa shape index (κ1) is 34.1. The Morgan fingerprint density at radius 1 is 1.11 bits per heavy atom. The van der Waals surface area contributed by atoms with Gasteiger partial charge in [0.05, 0.1) is 22.0 Å². The van der Waals surface area contributed by atoms with Crippen molar-refractivity contribution in [1.82, 2.24) is 9.45 Å². The van der Waals surface area contributed by atoms with Gasteiger partial charge in [-0.2, -0.15) is 22.6 Å². The van der Waals surface area contributed by atoms with E-state index in [4.69, 9.17) is 9.47 Å². The maximum Gasteiger partial charge on any atom is 0.416 e. The number of halogens is 3. The van der Waals surface area contributed by atoms with E-state index in [1.54, 1.807) is 18.2 Å². The fourth-order valence-corrected chi connectivity index (χ4v) is 5.05. The van der Waals surface area contributed by atoms with E-state index in [9.17, 15) is 41.7 Å². The largest absolute Gasteiger partial charge is 0.487 e. The van der Waals surface area contributed by atoms with Crippen LogP contribution in [0.3, 0.4) is 0 Å². The number of nitro groups is 1. The summed E-state index contributed by atoms with van der Waals surface area (Å²) in [6.45, 7) is 4.90. The zero-order valence-corrected chi connectivity index (χ0v) is 24.8. The molecule has 3 rings (SSSR count). The van der Waals surface area contributed by atoms with E-state index in [-0.39, 0.29) is 24.5 Å². The van der Waals surface area contributed by atoms with Crippen LogP contribution in [0.2, 0.25) is 0 Å². The third kappa shape index (κ3) is 9.80. The summed E-state index contributed by atoms with van der Waals surface area (Å²) >= 11 is 0. The van der Waals surface area contributed by atoms with Gasteiger partial charge < -0.3 is 14.7 Å². The Bertz CT molecular complexity index is 1670. The molecule has 0 saturated heterocycles. The van der Waals surface area contributed by atoms with Crippen molar-refractivity contribution in [3.05, 3.63) is 93.6 Å². The molecule has 1 aromatic heterocycles. The minimum Gasteiger partial charge on any atom is -0.487 e. The molecule has 0 radical (unpaired) electrons. The van der Waals surface area contributed by atoms with Gasteiger partial charge in [-0.25, -0.2) is 8.42 Å². The van der Waals surface area contributed by atoms with Crippen molar-refractivity contribution in [1.29, 1.82) is 0 Å². The molecule has 1 heterocycles. The first-order valence-electron chi connectivity index (χ1n) is 13.2. The number of alkyl halides is 3. The predicted octanol–water partition coefficient (Wildman–Crippen LogP) is 4.25. The van der Waals surface area contributed by atoms with Crippen LogP contribution >= 0.6 is 0 Å². The van der Waals surface area contributed by atoms with E-state index in [1.807, 2.05) is 0 Å². The smallest absolute Gasteiger partial charge is 0.416 e. The normalized spacial score (nSPS) is 13.4. The molecule has 2 aromatic carbocycles. The van der Waals surface area contributed by atoms with Crippen LogP contribution in [0, 0.1) is 10.1 Å². The number of hydrogen-bond donors (Lipinski definition) is 2. The Morgan fingerprint density at radius 3 is 2.48 bits per heavy atom. The van der Waals surface area contributed by atoms with Crippen LogP contribution in [0.4, 0.5) is 18.9 Å². The van der Waals surface area contributed by atoms with Gasteiger partial charge in [0.2, 0.25) is 10.0 Å². The van der Waals surface area contributed by atoms with Crippen LogP contribution in [0.25, 0.3) is 0 Å². The molecule has 0 aliphatic carbocycles. The number of hydrogen-bond acceptors (Lipinski definition) is 9. The fraction of sp³-hybridized carbons (Fsp3) is 0.357. The summed E-state index contributed by atoms with van der Waals surface area (Å²) in [6, 6.07) is 10.0. The summed E-state index contributed by atoms with van der Waals surface area (Å²) in [5.41, 5.74) is -2.25. The van der Waals surface area contributed by atoms with Crippen LogP contribution in [-0.4, -0.2) is 54.0 Å². The van der Waals surface area contributed by atoms with Crippen LogP contribution in [0.5, 0.6) is 5.75 Å². The number of rotatable bonds is 12. The highest BCUT2D eigenvalue weighted by Crippen LogP contribution is 2.31. The lowest BCUT2D eigenvalue weighted by Crippen LogP contribution is -2.45. The van der Waals surface area contributed by atoms with Gasteiger partial charge in [-0.05, 0) is 69.2 Å². The molecule has 0 bridgehead atoms. The average Bonchev–Trinajstić information content (AvgIpc) is 2.92. The van der Waals surface area contributed by atoms with Crippen molar-refractivity contribution >= 4 is 21.7 Å². The molecule has 1 atom stereocenters. The number of esters is 1. The second-order valence-corrected chi connectivity index (χ2v) is 12.2. The zero-order valence-electron chi connectivity index (χ0n) is 23.9. The molecule has 44 heavy (non-hydrogen) atoms. The molecule has 0 fully saturated rings. The summed E-state index contributed by atoms with van der Waals surface area (Å²) in [4.78, 5) is 27.5. The van der Waals surface area contributed by atoms with Crippen molar-refractivity contribution < 1.29 is 46.0 Å². The molecular formula is C28H31F3N4O8S. The van der Waals surface area contributed by atoms with Crippen molar-refractivity contribution in [3.63, 3.8) is 0 Å². The molecule has 12 nitrogen and oxygen atoms in total. The number of carbonyl (C=O) groups excluding carboxylic acids is 1. The lowest BCUT2D eigenvalue weighted by molar-refractivity contribution is -0.385. The van der Waals surface area contributed by atoms with E-state index in [0.29, 0.717) is 24.0 Å². The molecular weight excluding hydrogens is 609 g/mol. The Kier molecular flexibility index (Phi) is 10.8. The second kappa shape index (κ2) is 13.9. The highest BCUT2D eigenvalue weighted by Gasteiger charge is 2.34. The quantitative estimate of drug-likeness (QED) is 0.0976. The van der Waals surface area contributed by atoms with Crippen molar-refractivity contribution in [2.75, 3.05) is 13.2 Å². The van der Waals surface area contributed by atoms with Gasteiger partial charge in [-0.3, -0.25) is 19.9 Å². The first-order valence-corrected chi connectivity index (χ1v) is 14.6. The highest BCUT2D eigenvalue weighted by atomic mass is 32.2. The van der Waals surface area contributed by atoms with Crippen LogP contribution < -0.4 is 14.9 Å². The number of pyridine rings is 1. The van der Waals surface area contributed by atoms with Crippen LogP contribution in [0.1, 0.15) is 38.3 Å². The van der Waals surface area contributed by atoms with Crippen molar-refractivity contribution in [2.24, 2.45) is 4.99 Å². The number of benzene rings is 2. The van der Waals surface area contributed by atoms with E-state index < -0.39 is 61.3 Å². The highest BCUT2D eigenvalue weighted by molar-refractivity contribution is 7.89. The number of aromatic nitrogens is 1. The standard InChI is InChI=1S/C28H31F3N4O8S/c1-27(2,3)43-26(36)22(33-44(40,41)21-9-6-8-20(18-21)28(29,30)31)16-19-11-12-24(23(17-19)35(38)39)42-15-7-13-32-25-10-4-5-14-34(25)37/h4-6,8-12,14,17-18,22,33,37H,7,13,15-16H2,1-3H3/t22-/m0/s1. The third-order valence-corrected chi connectivity index (χ3v) is 7.24. The van der Waals surface area contributed by atoms with Crippen LogP contribution in [0.15, 0.2) is 76.7 Å². The summed E-state index contributed by atoms with van der Waals surface area (Å²) < 4.78 is 79.5. The lowest BCUT2D eigenvalue weighted by atomic mass is 10.0. The average molecular weight is 641 g/mol. The topological polar surface area (TPSA) is 162 Å². The van der Waals surface area contributed by atoms with Gasteiger partial charge in [0.25, 0.3) is 0 Å². The first-order chi connectivity index (χ1) is 20.5. The van der Waals surface area contributed by atoms with Gasteiger partial charge in [0, 0.05) is 25.2 Å². The fourth-order valence-electron chi connectivity index (χ4n) is 3.82. The van der Waals surface area contributed by atoms with Crippen molar-refractivity contribution in [3.8, 4) is 5.75 Å². The molecule has 2 N–H and O–H groups in total. The second-order valence-electron chi connectivity index (χ2n) is 10.5. The maximum absolute atomic E-state index is 13.2. The van der Waals surface area contributed by atoms with E-state index >= 15 is 0 Å². The Morgan fingerprint density at radius 2 is 1.84 bits per heavy atom. The molecule has 3 aromatic rings. The molecule has 0 amide bonds. The summed E-state index contributed by atoms with van der Waals surface area (Å²) in [7, 11) is -4.67. The SMILES string of the molecule is CC(C)(C)OC(=O)[C@H](Cc1ccc(OCCCN=c2ccccn2O)c([N+](=O)[O-])c1)NS(=O)(=O)c1cccc(C(F)(F)F)c1. The molecule has 0 unspecified atom stereocenters. The molecule has 0 aliphatic rings. The predicted molar refractivity (Wildman–Crippen MR) is 150 cm³/mol. The van der Waals surface area contributed by atoms with Crippen molar-refractivity contribution in [2.45, 2.75) is 56.3 Å². The number of nitro benzene ring substituents is 1. The lowest BCUT2D eigenvalue weighted by Gasteiger charge is -2.25. The third-order valence-electron chi connectivity index (χ3n) is 5.77. The minimum atomic E-state index is -4.81. The number of sulfonamides is 1. The summed E-state index contributed by atoms with van der Waals surface area (Å²) in [5.74, 6) is -1.13. The number of ether oxygens (including phenoxy) is 2. The maximum atomic E-state index is 13.2. The van der Waals surface area contributed by atoms with E-state index in [1.165, 1.54) is 39.1 Å². The van der Waals surface area contributed by atoms with Gasteiger partial charge in [0.1, 0.15) is 11.6 Å². The zero-order chi connectivity index (χ0) is 32.7. The Balaban J connectivity index is 1.81. The summed E-state index contributed by atoms with van der Waals surface area (Å²) in [6.07, 6.45) is -3.47. The van der Waals surface area contributed by atoms with E-state index in [2.05, 4.69) is 9.71 Å². The molecule has 0 aliphatic heterocycles. The Hall–Kier alpha value is -4.44. The summed E-state index contributed by atoms with van der Waals surface area (Å²) in [5, 5.41) is 21.5. The van der Waals surface area contributed by atoms with Gasteiger partial charge in [0.15, 0.2) is 11.2 Å². The molecule has 238 valence electrons. The van der Waals surface area contributed by atoms with Gasteiger partial charge in [-0.1, -0.05) is 18.2 Å². The number of nitrogens with zero attached hydrogens (tertiary/aromatic N) is 3. The van der Waals surface area contributed by atoms with Crippen LogP contribution in [-0.2, 0) is 32.2 Å². The molecule has 16 heteroatoms. The molecule has 0 saturated carbocycles. The number of carbonyl (C=O) groups is 1. The van der Waals surface area contributed by atoms with E-state index in [0.717, 1.165) is 22.9 Å². The minimum absolute atomic E-state index is 0.0409. The Labute approximate surface area is 250 Å².